The van der Waals surface area contributed by atoms with Crippen LogP contribution >= 0.6 is 23.5 Å². The number of amides is 1. The summed E-state index contributed by atoms with van der Waals surface area (Å²) in [5, 5.41) is 23.5. The highest BCUT2D eigenvalue weighted by Crippen LogP contribution is 2.43. The van der Waals surface area contributed by atoms with Crippen molar-refractivity contribution in [1.82, 2.24) is 19.5 Å². The second-order valence-corrected chi connectivity index (χ2v) is 8.55. The van der Waals surface area contributed by atoms with Gasteiger partial charge in [0.1, 0.15) is 27.4 Å². The number of carboxylic acid groups (broad SMARTS) is 2. The largest absolute Gasteiger partial charge is 0.481 e. The van der Waals surface area contributed by atoms with Gasteiger partial charge in [0.2, 0.25) is 5.91 Å². The number of aliphatic carboxylic acids is 1. The van der Waals surface area contributed by atoms with Gasteiger partial charge in [-0.2, -0.15) is 5.10 Å². The summed E-state index contributed by atoms with van der Waals surface area (Å²) in [6.07, 6.45) is 2.67. The van der Waals surface area contributed by atoms with Crippen molar-refractivity contribution < 1.29 is 24.6 Å². The summed E-state index contributed by atoms with van der Waals surface area (Å²) < 4.78 is 1.38. The Morgan fingerprint density at radius 3 is 2.93 bits per heavy atom. The number of fused-ring (bicyclic) bond motifs is 2. The number of nitrogens with zero attached hydrogens (tertiary/aromatic N) is 4. The minimum atomic E-state index is -1.14. The van der Waals surface area contributed by atoms with Gasteiger partial charge in [0.05, 0.1) is 6.20 Å². The molecule has 27 heavy (non-hydrogen) atoms. The van der Waals surface area contributed by atoms with Crippen LogP contribution in [0.1, 0.15) is 10.4 Å². The SMILES string of the molecule is NC1C(=O)N2CC(CSc3ccnc4c(C(=O)O)cnn34)(C(=O)O)CS[C@H]12. The van der Waals surface area contributed by atoms with Crippen molar-refractivity contribution in [1.29, 1.82) is 0 Å². The Hall–Kier alpha value is -2.31. The molecule has 2 aromatic heterocycles. The van der Waals surface area contributed by atoms with E-state index in [2.05, 4.69) is 10.1 Å². The Morgan fingerprint density at radius 2 is 2.22 bits per heavy atom. The maximum Gasteiger partial charge on any atom is 0.341 e. The van der Waals surface area contributed by atoms with Crippen molar-refractivity contribution in [2.75, 3.05) is 18.1 Å². The standard InChI is InChI=1S/C15H15N5O5S2/c16-9-11(21)19-4-15(14(24)25,6-27-12(9)19)5-26-8-1-2-17-10-7(13(22)23)3-18-20(8)10/h1-3,9,12H,4-6,16H2,(H,22,23)(H,24,25)/t9?,12-,15?/m1/s1. The van der Waals surface area contributed by atoms with Gasteiger partial charge < -0.3 is 20.8 Å². The third-order valence-electron chi connectivity index (χ3n) is 4.73. The van der Waals surface area contributed by atoms with Gasteiger partial charge >= 0.3 is 11.9 Å². The number of hydrogen-bond donors (Lipinski definition) is 3. The Balaban J connectivity index is 1.58. The molecule has 2 aliphatic heterocycles. The zero-order valence-electron chi connectivity index (χ0n) is 13.8. The van der Waals surface area contributed by atoms with E-state index >= 15 is 0 Å². The highest BCUT2D eigenvalue weighted by molar-refractivity contribution is 8.00. The van der Waals surface area contributed by atoms with Crippen LogP contribution in [0.4, 0.5) is 0 Å². The predicted molar refractivity (Wildman–Crippen MR) is 96.7 cm³/mol. The van der Waals surface area contributed by atoms with Crippen LogP contribution in [-0.2, 0) is 9.59 Å². The molecule has 4 rings (SSSR count). The molecule has 0 aromatic carbocycles. The predicted octanol–water partition coefficient (Wildman–Crippen LogP) is -0.167. The summed E-state index contributed by atoms with van der Waals surface area (Å²) in [6.45, 7) is 0.104. The number of thioether (sulfide) groups is 2. The molecule has 2 aromatic rings. The van der Waals surface area contributed by atoms with Gasteiger partial charge in [-0.1, -0.05) is 0 Å². The maximum atomic E-state index is 12.0. The van der Waals surface area contributed by atoms with Crippen LogP contribution in [0.3, 0.4) is 0 Å². The fourth-order valence-corrected chi connectivity index (χ4v) is 5.92. The van der Waals surface area contributed by atoms with Crippen molar-refractivity contribution in [3.05, 3.63) is 24.0 Å². The third-order valence-corrected chi connectivity index (χ3v) is 7.64. The van der Waals surface area contributed by atoms with Crippen LogP contribution in [0.25, 0.3) is 5.65 Å². The van der Waals surface area contributed by atoms with E-state index in [-0.39, 0.29) is 34.8 Å². The first-order chi connectivity index (χ1) is 12.8. The van der Waals surface area contributed by atoms with E-state index in [1.807, 2.05) is 0 Å². The van der Waals surface area contributed by atoms with Crippen molar-refractivity contribution in [3.8, 4) is 0 Å². The van der Waals surface area contributed by atoms with Crippen molar-refractivity contribution in [2.24, 2.45) is 11.1 Å². The summed E-state index contributed by atoms with van der Waals surface area (Å²) in [5.74, 6) is -1.81. The molecule has 0 aliphatic carbocycles. The molecular formula is C15H15N5O5S2. The average Bonchev–Trinajstić information content (AvgIpc) is 3.10. The average molecular weight is 409 g/mol. The first kappa shape index (κ1) is 18.1. The number of aromatic nitrogens is 3. The van der Waals surface area contributed by atoms with Crippen LogP contribution in [0.2, 0.25) is 0 Å². The zero-order chi connectivity index (χ0) is 19.3. The quantitative estimate of drug-likeness (QED) is 0.345. The number of aromatic carboxylic acids is 1. The molecule has 12 heteroatoms. The molecule has 2 saturated heterocycles. The van der Waals surface area contributed by atoms with Crippen molar-refractivity contribution in [2.45, 2.75) is 16.4 Å². The molecule has 142 valence electrons. The van der Waals surface area contributed by atoms with Gasteiger partial charge in [-0.25, -0.2) is 14.3 Å². The minimum Gasteiger partial charge on any atom is -0.481 e. The molecule has 10 nitrogen and oxygen atoms in total. The zero-order valence-corrected chi connectivity index (χ0v) is 15.4. The third kappa shape index (κ3) is 2.75. The molecule has 0 bridgehead atoms. The lowest BCUT2D eigenvalue weighted by Crippen LogP contribution is -2.72. The summed E-state index contributed by atoms with van der Waals surface area (Å²) in [4.78, 5) is 40.7. The molecule has 3 atom stereocenters. The van der Waals surface area contributed by atoms with Crippen molar-refractivity contribution >= 4 is 47.0 Å². The molecule has 0 saturated carbocycles. The first-order valence-corrected chi connectivity index (χ1v) is 9.97. The molecule has 1 amide bonds. The van der Waals surface area contributed by atoms with Gasteiger partial charge in [0.15, 0.2) is 5.65 Å². The lowest BCUT2D eigenvalue weighted by molar-refractivity contribution is -0.155. The number of carboxylic acids is 2. The van der Waals surface area contributed by atoms with E-state index in [4.69, 9.17) is 5.73 Å². The van der Waals surface area contributed by atoms with E-state index in [1.54, 1.807) is 6.07 Å². The molecule has 2 aliphatic rings. The lowest BCUT2D eigenvalue weighted by atomic mass is 9.89. The Kier molecular flexibility index (Phi) is 4.28. The van der Waals surface area contributed by atoms with E-state index < -0.39 is 23.4 Å². The van der Waals surface area contributed by atoms with Gasteiger partial charge in [-0.15, -0.1) is 23.5 Å². The second-order valence-electron chi connectivity index (χ2n) is 6.45. The second kappa shape index (κ2) is 6.39. The molecule has 0 radical (unpaired) electrons. The molecule has 0 spiro atoms. The number of carbonyl (C=O) groups excluding carboxylic acids is 1. The van der Waals surface area contributed by atoms with E-state index in [9.17, 15) is 24.6 Å². The molecule has 4 N–H and O–H groups in total. The van der Waals surface area contributed by atoms with Gasteiger partial charge in [0, 0.05) is 24.2 Å². The summed E-state index contributed by atoms with van der Waals surface area (Å²) in [7, 11) is 0. The topological polar surface area (TPSA) is 151 Å². The highest BCUT2D eigenvalue weighted by Gasteiger charge is 2.55. The van der Waals surface area contributed by atoms with Crippen LogP contribution in [0, 0.1) is 5.41 Å². The number of rotatable bonds is 5. The Bertz CT molecular complexity index is 965. The highest BCUT2D eigenvalue weighted by atomic mass is 32.2. The number of hydrogen-bond acceptors (Lipinski definition) is 8. The minimum absolute atomic E-state index is 0.0263. The maximum absolute atomic E-state index is 12.0. The molecule has 4 heterocycles. The number of nitrogens with two attached hydrogens (primary N) is 1. The summed E-state index contributed by atoms with van der Waals surface area (Å²) in [5.41, 5.74) is 4.81. The van der Waals surface area contributed by atoms with Gasteiger partial charge in [0.25, 0.3) is 0 Å². The Morgan fingerprint density at radius 1 is 1.44 bits per heavy atom. The van der Waals surface area contributed by atoms with Crippen LogP contribution in [-0.4, -0.2) is 77.0 Å². The molecule has 2 unspecified atom stereocenters. The van der Waals surface area contributed by atoms with Crippen LogP contribution in [0.5, 0.6) is 0 Å². The van der Waals surface area contributed by atoms with E-state index in [0.717, 1.165) is 0 Å². The van der Waals surface area contributed by atoms with Gasteiger partial charge in [-0.3, -0.25) is 9.59 Å². The summed E-state index contributed by atoms with van der Waals surface area (Å²) >= 11 is 2.62. The van der Waals surface area contributed by atoms with Crippen molar-refractivity contribution in [3.63, 3.8) is 0 Å². The molecule has 2 fully saturated rings. The summed E-state index contributed by atoms with van der Waals surface area (Å²) in [6, 6.07) is 1.09. The first-order valence-electron chi connectivity index (χ1n) is 7.94. The normalized spacial score (nSPS) is 27.3. The van der Waals surface area contributed by atoms with Crippen LogP contribution < -0.4 is 5.73 Å². The fraction of sp³-hybridized carbons (Fsp3) is 0.400. The Labute approximate surface area is 161 Å². The molecular weight excluding hydrogens is 394 g/mol. The number of β-lactam (4-membered cyclic amide) rings is 1. The van der Waals surface area contributed by atoms with E-state index in [1.165, 1.54) is 45.3 Å². The number of carbonyl (C=O) groups is 3. The smallest absolute Gasteiger partial charge is 0.341 e. The van der Waals surface area contributed by atoms with Gasteiger partial charge in [-0.05, 0) is 6.07 Å². The fourth-order valence-electron chi connectivity index (χ4n) is 3.15. The van der Waals surface area contributed by atoms with E-state index in [0.29, 0.717) is 10.8 Å². The lowest BCUT2D eigenvalue weighted by Gasteiger charge is -2.52. The van der Waals surface area contributed by atoms with Crippen LogP contribution in [0.15, 0.2) is 23.5 Å². The monoisotopic (exact) mass is 409 g/mol.